The molecule has 0 fully saturated rings. The Morgan fingerprint density at radius 3 is 2.67 bits per heavy atom. The summed E-state index contributed by atoms with van der Waals surface area (Å²) in [6, 6.07) is 9.19. The lowest BCUT2D eigenvalue weighted by Gasteiger charge is -2.25. The molecule has 0 radical (unpaired) electrons. The largest absolute Gasteiger partial charge is 0.324 e. The van der Waals surface area contributed by atoms with Crippen LogP contribution in [0.4, 0.5) is 5.69 Å². The Morgan fingerprint density at radius 1 is 1.29 bits per heavy atom. The second-order valence-electron chi connectivity index (χ2n) is 5.81. The van der Waals surface area contributed by atoms with E-state index in [1.807, 2.05) is 38.1 Å². The highest BCUT2D eigenvalue weighted by molar-refractivity contribution is 7.88. The van der Waals surface area contributed by atoms with Crippen LogP contribution in [0, 0.1) is 0 Å². The Bertz CT molecular complexity index is 815. The van der Waals surface area contributed by atoms with Gasteiger partial charge in [-0.15, -0.1) is 0 Å². The summed E-state index contributed by atoms with van der Waals surface area (Å²) in [4.78, 5) is 16.5. The fraction of sp³-hybridized carbons (Fsp3) is 0.412. The van der Waals surface area contributed by atoms with Crippen molar-refractivity contribution >= 4 is 32.5 Å². The maximum Gasteiger partial charge on any atom is 0.225 e. The van der Waals surface area contributed by atoms with Gasteiger partial charge in [0.05, 0.1) is 17.5 Å². The number of hydrogen-bond acceptors (Lipinski definition) is 4. The molecule has 1 unspecified atom stereocenters. The van der Waals surface area contributed by atoms with Crippen LogP contribution >= 0.6 is 0 Å². The van der Waals surface area contributed by atoms with Crippen LogP contribution in [0.2, 0.25) is 0 Å². The summed E-state index contributed by atoms with van der Waals surface area (Å²) in [6.45, 7) is 3.93. The fourth-order valence-corrected chi connectivity index (χ4v) is 3.77. The number of carbonyl (C=O) groups is 1. The van der Waals surface area contributed by atoms with Crippen LogP contribution in [0.3, 0.4) is 0 Å². The number of carbonyl (C=O) groups excluding carboxylic acids is 1. The number of nitrogens with zero attached hydrogens (tertiary/aromatic N) is 2. The number of pyridine rings is 1. The average molecular weight is 349 g/mol. The Hall–Kier alpha value is -1.99. The molecule has 1 atom stereocenters. The Kier molecular flexibility index (Phi) is 5.90. The Balaban J connectivity index is 2.07. The van der Waals surface area contributed by atoms with Gasteiger partial charge in [-0.3, -0.25) is 9.78 Å². The topological polar surface area (TPSA) is 79.4 Å². The van der Waals surface area contributed by atoms with Crippen molar-refractivity contribution in [2.24, 2.45) is 0 Å². The minimum absolute atomic E-state index is 0.0978. The highest BCUT2D eigenvalue weighted by Gasteiger charge is 2.22. The SMILES string of the molecule is CCC(C)N(CCC(=O)Nc1cccc2cccnc12)S(C)(=O)=O. The van der Waals surface area contributed by atoms with E-state index in [2.05, 4.69) is 10.3 Å². The van der Waals surface area contributed by atoms with Crippen molar-refractivity contribution in [2.45, 2.75) is 32.7 Å². The van der Waals surface area contributed by atoms with Crippen LogP contribution in [-0.2, 0) is 14.8 Å². The van der Waals surface area contributed by atoms with Crippen molar-refractivity contribution in [2.75, 3.05) is 18.1 Å². The molecular weight excluding hydrogens is 326 g/mol. The lowest BCUT2D eigenvalue weighted by molar-refractivity contribution is -0.116. The van der Waals surface area contributed by atoms with Gasteiger partial charge in [-0.25, -0.2) is 8.42 Å². The van der Waals surface area contributed by atoms with Crippen LogP contribution in [0.25, 0.3) is 10.9 Å². The van der Waals surface area contributed by atoms with E-state index in [9.17, 15) is 13.2 Å². The van der Waals surface area contributed by atoms with Gasteiger partial charge in [0.2, 0.25) is 15.9 Å². The molecule has 0 aliphatic heterocycles. The van der Waals surface area contributed by atoms with E-state index in [0.717, 1.165) is 10.9 Å². The van der Waals surface area contributed by atoms with Gasteiger partial charge in [-0.1, -0.05) is 25.1 Å². The first-order chi connectivity index (χ1) is 11.3. The number of fused-ring (bicyclic) bond motifs is 1. The monoisotopic (exact) mass is 349 g/mol. The van der Waals surface area contributed by atoms with Crippen molar-refractivity contribution in [1.82, 2.24) is 9.29 Å². The van der Waals surface area contributed by atoms with Crippen LogP contribution in [0.1, 0.15) is 26.7 Å². The number of aromatic nitrogens is 1. The summed E-state index contributed by atoms with van der Waals surface area (Å²) in [5, 5.41) is 3.76. The molecule has 1 aromatic heterocycles. The number of rotatable bonds is 7. The molecule has 0 saturated heterocycles. The maximum absolute atomic E-state index is 12.2. The zero-order valence-corrected chi connectivity index (χ0v) is 15.0. The molecule has 7 heteroatoms. The van der Waals surface area contributed by atoms with Crippen LogP contribution in [-0.4, -0.2) is 42.5 Å². The van der Waals surface area contributed by atoms with Gasteiger partial charge in [0.15, 0.2) is 0 Å². The molecule has 0 spiro atoms. The van der Waals surface area contributed by atoms with Crippen molar-refractivity contribution in [1.29, 1.82) is 0 Å². The lowest BCUT2D eigenvalue weighted by Crippen LogP contribution is -2.39. The third-order valence-corrected chi connectivity index (χ3v) is 5.37. The normalized spacial score (nSPS) is 13.2. The third kappa shape index (κ3) is 4.52. The van der Waals surface area contributed by atoms with Gasteiger partial charge < -0.3 is 5.32 Å². The first-order valence-corrected chi connectivity index (χ1v) is 9.78. The Morgan fingerprint density at radius 2 is 2.00 bits per heavy atom. The van der Waals surface area contributed by atoms with Gasteiger partial charge in [-0.2, -0.15) is 4.31 Å². The molecule has 0 saturated carbocycles. The standard InChI is InChI=1S/C17H23N3O3S/c1-4-13(2)20(24(3,22)23)12-10-16(21)19-15-9-5-7-14-8-6-11-18-17(14)15/h5-9,11,13H,4,10,12H2,1-3H3,(H,19,21). The number of nitrogens with one attached hydrogen (secondary N) is 1. The summed E-state index contributed by atoms with van der Waals surface area (Å²) in [5.41, 5.74) is 1.35. The second-order valence-corrected chi connectivity index (χ2v) is 7.74. The quantitative estimate of drug-likeness (QED) is 0.833. The van der Waals surface area contributed by atoms with Crippen LogP contribution in [0.5, 0.6) is 0 Å². The van der Waals surface area contributed by atoms with Gasteiger partial charge >= 0.3 is 0 Å². The summed E-state index contributed by atoms with van der Waals surface area (Å²) in [7, 11) is -3.34. The van der Waals surface area contributed by atoms with Gasteiger partial charge in [-0.05, 0) is 25.5 Å². The predicted molar refractivity (Wildman–Crippen MR) is 96.3 cm³/mol. The van der Waals surface area contributed by atoms with Crippen molar-refractivity contribution in [3.05, 3.63) is 36.5 Å². The zero-order chi connectivity index (χ0) is 17.7. The molecule has 1 heterocycles. The van der Waals surface area contributed by atoms with E-state index >= 15 is 0 Å². The van der Waals surface area contributed by atoms with Gasteiger partial charge in [0.1, 0.15) is 0 Å². The second kappa shape index (κ2) is 7.72. The summed E-state index contributed by atoms with van der Waals surface area (Å²) < 4.78 is 25.1. The molecular formula is C17H23N3O3S. The first kappa shape index (κ1) is 18.4. The summed E-state index contributed by atoms with van der Waals surface area (Å²) >= 11 is 0. The van der Waals surface area contributed by atoms with Gasteiger partial charge in [0.25, 0.3) is 0 Å². The highest BCUT2D eigenvalue weighted by Crippen LogP contribution is 2.21. The maximum atomic E-state index is 12.2. The fourth-order valence-electron chi connectivity index (χ4n) is 2.55. The molecule has 130 valence electrons. The molecule has 1 amide bonds. The number of sulfonamides is 1. The van der Waals surface area contributed by atoms with E-state index < -0.39 is 10.0 Å². The molecule has 1 aromatic carbocycles. The van der Waals surface area contributed by atoms with Crippen molar-refractivity contribution in [3.8, 4) is 0 Å². The van der Waals surface area contributed by atoms with Crippen LogP contribution in [0.15, 0.2) is 36.5 Å². The summed E-state index contributed by atoms with van der Waals surface area (Å²) in [5.74, 6) is -0.231. The molecule has 0 bridgehead atoms. The van der Waals surface area contributed by atoms with E-state index in [-0.39, 0.29) is 24.9 Å². The summed E-state index contributed by atoms with van der Waals surface area (Å²) in [6.07, 6.45) is 3.64. The molecule has 1 N–H and O–H groups in total. The lowest BCUT2D eigenvalue weighted by atomic mass is 10.2. The minimum atomic E-state index is -3.34. The highest BCUT2D eigenvalue weighted by atomic mass is 32.2. The number of hydrogen-bond donors (Lipinski definition) is 1. The minimum Gasteiger partial charge on any atom is -0.324 e. The van der Waals surface area contributed by atoms with Crippen LogP contribution < -0.4 is 5.32 Å². The third-order valence-electron chi connectivity index (χ3n) is 3.97. The molecule has 6 nitrogen and oxygen atoms in total. The molecule has 24 heavy (non-hydrogen) atoms. The average Bonchev–Trinajstić information content (AvgIpc) is 2.54. The van der Waals surface area contributed by atoms with Crippen molar-refractivity contribution < 1.29 is 13.2 Å². The molecule has 0 aliphatic rings. The Labute approximate surface area is 142 Å². The smallest absolute Gasteiger partial charge is 0.225 e. The zero-order valence-electron chi connectivity index (χ0n) is 14.2. The molecule has 2 aromatic rings. The van der Waals surface area contributed by atoms with E-state index in [0.29, 0.717) is 12.1 Å². The first-order valence-electron chi connectivity index (χ1n) is 7.93. The van der Waals surface area contributed by atoms with Crippen molar-refractivity contribution in [3.63, 3.8) is 0 Å². The number of anilines is 1. The predicted octanol–water partition coefficient (Wildman–Crippen LogP) is 2.62. The van der Waals surface area contributed by atoms with E-state index in [1.165, 1.54) is 10.6 Å². The molecule has 2 rings (SSSR count). The number of para-hydroxylation sites is 1. The molecule has 0 aliphatic carbocycles. The van der Waals surface area contributed by atoms with E-state index in [4.69, 9.17) is 0 Å². The number of amides is 1. The van der Waals surface area contributed by atoms with Gasteiger partial charge in [0, 0.05) is 30.6 Å². The van der Waals surface area contributed by atoms with E-state index in [1.54, 1.807) is 12.3 Å². The number of benzene rings is 1.